The number of phenolic OH excluding ortho intramolecular Hbond substituents is 2. The van der Waals surface area contributed by atoms with E-state index in [4.69, 9.17) is 35.3 Å². The highest BCUT2D eigenvalue weighted by atomic mass is 16.8. The molecule has 0 aromatic heterocycles. The van der Waals surface area contributed by atoms with Crippen molar-refractivity contribution in [2.24, 2.45) is 5.73 Å². The number of benzene rings is 2. The number of alkyl carbamates (subject to hydrolysis) is 1. The molecule has 0 aliphatic carbocycles. The second-order valence-electron chi connectivity index (χ2n) is 14.1. The topological polar surface area (TPSA) is 328 Å². The van der Waals surface area contributed by atoms with Crippen LogP contribution in [-0.4, -0.2) is 89.5 Å². The third-order valence-corrected chi connectivity index (χ3v) is 5.62. The van der Waals surface area contributed by atoms with E-state index in [1.54, 1.807) is 62.3 Å². The highest BCUT2D eigenvalue weighted by Gasteiger charge is 2.26. The molecule has 2 atom stereocenters. The third kappa shape index (κ3) is 20.6. The Kier molecular flexibility index (Phi) is 17.8. The molecule has 300 valence electrons. The van der Waals surface area contributed by atoms with Crippen molar-refractivity contribution in [3.05, 3.63) is 67.8 Å². The lowest BCUT2D eigenvalue weighted by molar-refractivity contribution is -0.386. The number of carbonyl (C=O) groups excluding carboxylic acids is 3. The van der Waals surface area contributed by atoms with E-state index in [1.165, 1.54) is 12.1 Å². The van der Waals surface area contributed by atoms with Gasteiger partial charge in [0.05, 0.1) is 9.85 Å². The van der Waals surface area contributed by atoms with Gasteiger partial charge in [0, 0.05) is 18.6 Å². The van der Waals surface area contributed by atoms with E-state index in [-0.39, 0.29) is 18.4 Å². The first-order valence-corrected chi connectivity index (χ1v) is 15.7. The van der Waals surface area contributed by atoms with Gasteiger partial charge in [0.2, 0.25) is 0 Å². The number of nitrogens with two attached hydrogens (primary N) is 1. The second-order valence-corrected chi connectivity index (χ2v) is 14.1. The maximum atomic E-state index is 11.6. The predicted octanol–water partition coefficient (Wildman–Crippen LogP) is 4.95. The van der Waals surface area contributed by atoms with E-state index < -0.39 is 91.9 Å². The van der Waals surface area contributed by atoms with Crippen LogP contribution in [0.5, 0.6) is 11.5 Å². The summed E-state index contributed by atoms with van der Waals surface area (Å²) in [5.41, 5.74) is 2.77. The largest absolute Gasteiger partial charge is 0.519 e. The molecule has 1 amide bonds. The molecular formula is C33H46N4O17. The van der Waals surface area contributed by atoms with Crippen LogP contribution < -0.4 is 11.1 Å². The van der Waals surface area contributed by atoms with Crippen LogP contribution in [0.25, 0.3) is 0 Å². The van der Waals surface area contributed by atoms with Crippen molar-refractivity contribution >= 4 is 41.7 Å². The molecule has 2 aromatic carbocycles. The molecule has 2 rings (SSSR count). The molecule has 2 aromatic rings. The molecule has 7 N–H and O–H groups in total. The Balaban J connectivity index is 0.000000807. The minimum absolute atomic E-state index is 0.0313. The van der Waals surface area contributed by atoms with Crippen molar-refractivity contribution in [3.8, 4) is 11.5 Å². The maximum absolute atomic E-state index is 11.6. The van der Waals surface area contributed by atoms with Crippen LogP contribution in [-0.2, 0) is 41.4 Å². The van der Waals surface area contributed by atoms with Crippen molar-refractivity contribution in [1.29, 1.82) is 0 Å². The molecule has 54 heavy (non-hydrogen) atoms. The fourth-order valence-electron chi connectivity index (χ4n) is 3.52. The lowest BCUT2D eigenvalue weighted by Gasteiger charge is -2.22. The fourth-order valence-corrected chi connectivity index (χ4v) is 3.52. The number of aromatic hydroxyl groups is 2. The van der Waals surface area contributed by atoms with Crippen LogP contribution in [0.15, 0.2) is 36.4 Å². The van der Waals surface area contributed by atoms with Gasteiger partial charge in [-0.3, -0.25) is 25.0 Å². The Morgan fingerprint density at radius 1 is 0.685 bits per heavy atom. The van der Waals surface area contributed by atoms with Gasteiger partial charge in [-0.2, -0.15) is 0 Å². The van der Waals surface area contributed by atoms with E-state index in [0.29, 0.717) is 5.56 Å². The fraction of sp³-hybridized carbons (Fsp3) is 0.485. The van der Waals surface area contributed by atoms with Gasteiger partial charge in [-0.25, -0.2) is 19.2 Å². The zero-order valence-corrected chi connectivity index (χ0v) is 31.1. The molecule has 0 spiro atoms. The zero-order valence-electron chi connectivity index (χ0n) is 31.1. The number of phenols is 2. The lowest BCUT2D eigenvalue weighted by atomic mass is 10.1. The van der Waals surface area contributed by atoms with Crippen LogP contribution in [0.2, 0.25) is 0 Å². The summed E-state index contributed by atoms with van der Waals surface area (Å²) in [4.78, 5) is 75.1. The Morgan fingerprint density at radius 2 is 1.06 bits per heavy atom. The summed E-state index contributed by atoms with van der Waals surface area (Å²) < 4.78 is 18.8. The molecule has 0 saturated carbocycles. The van der Waals surface area contributed by atoms with E-state index in [2.05, 4.69) is 10.1 Å². The number of nitro benzene ring substituents is 2. The van der Waals surface area contributed by atoms with Gasteiger partial charge in [0.15, 0.2) is 11.5 Å². The molecule has 0 aliphatic heterocycles. The van der Waals surface area contributed by atoms with E-state index in [0.717, 1.165) is 24.3 Å². The number of ether oxygens (including phenoxy) is 4. The summed E-state index contributed by atoms with van der Waals surface area (Å²) in [6, 6.07) is 4.69. The number of carboxylic acid groups (broad SMARTS) is 2. The summed E-state index contributed by atoms with van der Waals surface area (Å²) in [7, 11) is 0. The summed E-state index contributed by atoms with van der Waals surface area (Å²) in [6.07, 6.45) is -3.25. The number of nitrogens with one attached hydrogen (secondary N) is 1. The van der Waals surface area contributed by atoms with E-state index in [1.807, 2.05) is 0 Å². The van der Waals surface area contributed by atoms with Gasteiger partial charge in [-0.05, 0) is 92.0 Å². The molecule has 21 nitrogen and oxygen atoms in total. The zero-order chi connectivity index (χ0) is 42.4. The first kappa shape index (κ1) is 47.8. The van der Waals surface area contributed by atoms with Gasteiger partial charge in [0.1, 0.15) is 28.9 Å². The number of nitrogens with zero attached hydrogens (tertiary/aromatic N) is 2. The van der Waals surface area contributed by atoms with Crippen LogP contribution in [0.1, 0.15) is 73.4 Å². The number of aliphatic carboxylic acids is 2. The molecule has 0 unspecified atom stereocenters. The summed E-state index contributed by atoms with van der Waals surface area (Å²) in [6.45, 7) is 14.9. The number of carbonyl (C=O) groups is 5. The molecule has 0 fully saturated rings. The van der Waals surface area contributed by atoms with Gasteiger partial charge >= 0.3 is 41.7 Å². The minimum Gasteiger partial charge on any atom is -0.502 e. The molecular weight excluding hydrogens is 724 g/mol. The highest BCUT2D eigenvalue weighted by Crippen LogP contribution is 2.28. The second kappa shape index (κ2) is 20.1. The first-order valence-electron chi connectivity index (χ1n) is 15.7. The average Bonchev–Trinajstić information content (AvgIpc) is 2.96. The van der Waals surface area contributed by atoms with Gasteiger partial charge in [-0.15, -0.1) is 0 Å². The van der Waals surface area contributed by atoms with E-state index in [9.17, 15) is 49.3 Å². The number of hydrogen-bond donors (Lipinski definition) is 6. The summed E-state index contributed by atoms with van der Waals surface area (Å²) in [5, 5.41) is 59.7. The smallest absolute Gasteiger partial charge is 0.502 e. The quantitative estimate of drug-likeness (QED) is 0.0645. The summed E-state index contributed by atoms with van der Waals surface area (Å²) in [5.74, 6) is -3.48. The number of nitro groups is 2. The standard InChI is InChI=1S/C14H18N2O7.C10H18O5.C9H10N2O5/c1-14(2,3)23-13(20)15-9(12(18)19)6-8-4-5-11(17)10(7-8)16(21)22;1-9(2,3)14-7(11)13-8(12)15-10(4,5)6;10-6(9(13)14)3-5-1-2-8(12)7(4-5)11(15)16/h4-5,7,9,17H,6H2,1-3H3,(H,15,20)(H,18,19);1-6H3;1-2,4,6,12H,3,10H2,(H,13,14)/t9-;;6-/m0.0/s1. The van der Waals surface area contributed by atoms with Crippen LogP contribution >= 0.6 is 0 Å². The molecule has 0 heterocycles. The number of hydrogen-bond acceptors (Lipinski definition) is 16. The van der Waals surface area contributed by atoms with Crippen molar-refractivity contribution in [2.75, 3.05) is 0 Å². The lowest BCUT2D eigenvalue weighted by Crippen LogP contribution is -2.44. The molecule has 0 radical (unpaired) electrons. The van der Waals surface area contributed by atoms with Crippen molar-refractivity contribution in [1.82, 2.24) is 5.32 Å². The van der Waals surface area contributed by atoms with Crippen LogP contribution in [0.3, 0.4) is 0 Å². The Hall–Kier alpha value is -6.25. The van der Waals surface area contributed by atoms with Crippen LogP contribution in [0.4, 0.5) is 25.8 Å². The van der Waals surface area contributed by atoms with Crippen LogP contribution in [0, 0.1) is 20.2 Å². The predicted molar refractivity (Wildman–Crippen MR) is 187 cm³/mol. The molecule has 0 bridgehead atoms. The number of amides is 1. The highest BCUT2D eigenvalue weighted by molar-refractivity contribution is 5.80. The van der Waals surface area contributed by atoms with Gasteiger partial charge < -0.3 is 50.4 Å². The third-order valence-electron chi connectivity index (χ3n) is 5.62. The molecule has 0 saturated heterocycles. The average molecular weight is 771 g/mol. The van der Waals surface area contributed by atoms with Gasteiger partial charge in [-0.1, -0.05) is 12.1 Å². The number of rotatable bonds is 9. The van der Waals surface area contributed by atoms with Crippen molar-refractivity contribution in [3.63, 3.8) is 0 Å². The number of carboxylic acids is 2. The Bertz CT molecular complexity index is 1650. The SMILES string of the molecule is CC(C)(C)OC(=O)N[C@@H](Cc1ccc(O)c([N+](=O)[O-])c1)C(=O)O.CC(C)(C)OC(=O)OC(=O)OC(C)(C)C.N[C@@H](Cc1ccc(O)c([N+](=O)[O-])c1)C(=O)O. The molecule has 0 aliphatic rings. The molecule has 21 heteroatoms. The van der Waals surface area contributed by atoms with E-state index >= 15 is 0 Å². The Labute approximate surface area is 309 Å². The maximum Gasteiger partial charge on any atom is 0.519 e. The Morgan fingerprint density at radius 3 is 1.37 bits per heavy atom. The van der Waals surface area contributed by atoms with Crippen molar-refractivity contribution < 1.29 is 73.2 Å². The normalized spacial score (nSPS) is 12.1. The first-order chi connectivity index (χ1) is 24.4. The van der Waals surface area contributed by atoms with Crippen molar-refractivity contribution in [2.45, 2.75) is 104 Å². The summed E-state index contributed by atoms with van der Waals surface area (Å²) >= 11 is 0. The minimum atomic E-state index is -1.33. The van der Waals surface area contributed by atoms with Gasteiger partial charge in [0.25, 0.3) is 0 Å². The monoisotopic (exact) mass is 770 g/mol.